The highest BCUT2D eigenvalue weighted by molar-refractivity contribution is 6.35. The lowest BCUT2D eigenvalue weighted by Gasteiger charge is -2.39. The first-order valence-electron chi connectivity index (χ1n) is 13.1. The van der Waals surface area contributed by atoms with Crippen LogP contribution in [0.3, 0.4) is 0 Å². The summed E-state index contributed by atoms with van der Waals surface area (Å²) in [4.78, 5) is 23.8. The van der Waals surface area contributed by atoms with Gasteiger partial charge < -0.3 is 5.73 Å². The van der Waals surface area contributed by atoms with Gasteiger partial charge in [-0.3, -0.25) is 9.69 Å². The van der Waals surface area contributed by atoms with E-state index in [1.165, 1.54) is 12.0 Å². The molecule has 2 aliphatic rings. The van der Waals surface area contributed by atoms with Gasteiger partial charge >= 0.3 is 0 Å². The van der Waals surface area contributed by atoms with Gasteiger partial charge in [-0.1, -0.05) is 42.3 Å². The maximum atomic E-state index is 11.3. The highest BCUT2D eigenvalue weighted by Gasteiger charge is 2.35. The van der Waals surface area contributed by atoms with E-state index in [1.807, 2.05) is 29.9 Å². The first kappa shape index (κ1) is 26.1. The monoisotopic (exact) mass is 540 g/mol. The molecule has 196 valence electrons. The number of allylic oxidation sites excluding steroid dienone is 1. The quantitative estimate of drug-likeness (QED) is 0.399. The van der Waals surface area contributed by atoms with E-state index in [2.05, 4.69) is 24.8 Å². The van der Waals surface area contributed by atoms with Crippen LogP contribution >= 0.6 is 23.2 Å². The number of carbonyl (C=O) groups is 1. The minimum Gasteiger partial charge on any atom is -0.370 e. The highest BCUT2D eigenvalue weighted by Crippen LogP contribution is 2.37. The number of carbonyl (C=O) groups excluding carboxylic acids is 1. The molecular formula is C28H34Cl2N6O. The van der Waals surface area contributed by atoms with Crippen molar-refractivity contribution in [3.8, 4) is 0 Å². The van der Waals surface area contributed by atoms with Gasteiger partial charge in [0.2, 0.25) is 5.91 Å². The molecule has 1 aromatic carbocycles. The minimum atomic E-state index is -0.207. The lowest BCUT2D eigenvalue weighted by atomic mass is 9.83. The number of rotatable bonds is 7. The number of hydrogen-bond acceptors (Lipinski definition) is 5. The number of likely N-dealkylation sites (tertiary alicyclic amines) is 1. The Morgan fingerprint density at radius 3 is 2.84 bits per heavy atom. The third kappa shape index (κ3) is 5.27. The number of fused-ring (bicyclic) bond motifs is 1. The van der Waals surface area contributed by atoms with Crippen LogP contribution in [-0.2, 0) is 4.79 Å². The Kier molecular flexibility index (Phi) is 7.57. The summed E-state index contributed by atoms with van der Waals surface area (Å²) >= 11 is 12.6. The van der Waals surface area contributed by atoms with Gasteiger partial charge in [0, 0.05) is 28.5 Å². The Balaban J connectivity index is 1.41. The Labute approximate surface area is 228 Å². The highest BCUT2D eigenvalue weighted by atomic mass is 35.5. The molecule has 0 saturated carbocycles. The summed E-state index contributed by atoms with van der Waals surface area (Å²) < 4.78 is 1.92. The molecule has 0 spiro atoms. The molecule has 5 rings (SSSR count). The van der Waals surface area contributed by atoms with Gasteiger partial charge in [-0.15, -0.1) is 0 Å². The minimum absolute atomic E-state index is 0.123. The van der Waals surface area contributed by atoms with Crippen molar-refractivity contribution in [2.45, 2.75) is 77.4 Å². The number of hydrogen-bond donors (Lipinski definition) is 1. The lowest BCUT2D eigenvalue weighted by Crippen LogP contribution is -2.44. The van der Waals surface area contributed by atoms with E-state index in [9.17, 15) is 4.79 Å². The van der Waals surface area contributed by atoms with Crippen molar-refractivity contribution in [1.82, 2.24) is 24.6 Å². The van der Waals surface area contributed by atoms with E-state index in [4.69, 9.17) is 44.0 Å². The average molecular weight is 542 g/mol. The lowest BCUT2D eigenvalue weighted by molar-refractivity contribution is -0.118. The van der Waals surface area contributed by atoms with Crippen molar-refractivity contribution in [2.24, 2.45) is 11.7 Å². The molecule has 1 amide bonds. The maximum Gasteiger partial charge on any atom is 0.217 e. The molecule has 1 aliphatic heterocycles. The average Bonchev–Trinajstić information content (AvgIpc) is 3.46. The van der Waals surface area contributed by atoms with Crippen molar-refractivity contribution in [3.05, 3.63) is 57.5 Å². The molecule has 1 saturated heterocycles. The molecule has 37 heavy (non-hydrogen) atoms. The zero-order chi connectivity index (χ0) is 26.3. The molecule has 1 fully saturated rings. The fraction of sp³-hybridized carbons (Fsp3) is 0.500. The van der Waals surface area contributed by atoms with Gasteiger partial charge in [-0.2, -0.15) is 5.10 Å². The standard InChI is InChI=1S/C28H34Cl2N6O/c1-16-13-19(6-10-25(16)35-12-4-5-21(35)8-11-26(31)37)24-15-32-27-17(2)34-36(28(27)33-24)18(3)22-9-7-20(29)14-23(22)30/h6-7,9,14-16,18,21,25H,4-5,8,10-13H2,1-3H3,(H2,31,37)/t16-,18-,21+,25+/m1/s1. The van der Waals surface area contributed by atoms with Crippen LogP contribution in [0.1, 0.15) is 75.4 Å². The van der Waals surface area contributed by atoms with Gasteiger partial charge in [0.05, 0.1) is 23.6 Å². The fourth-order valence-electron chi connectivity index (χ4n) is 6.09. The van der Waals surface area contributed by atoms with E-state index < -0.39 is 0 Å². The van der Waals surface area contributed by atoms with Crippen LogP contribution < -0.4 is 5.73 Å². The van der Waals surface area contributed by atoms with E-state index in [0.717, 1.165) is 60.3 Å². The van der Waals surface area contributed by atoms with Gasteiger partial charge in [0.25, 0.3) is 0 Å². The summed E-state index contributed by atoms with van der Waals surface area (Å²) in [7, 11) is 0. The predicted molar refractivity (Wildman–Crippen MR) is 149 cm³/mol. The first-order valence-corrected chi connectivity index (χ1v) is 13.9. The SMILES string of the molecule is Cc1nn([C@H](C)c2ccc(Cl)cc2Cl)c2nc(C3=CC[C@H](N4CCC[C@H]4CCC(N)=O)[C@H](C)C3)cnc12. The van der Waals surface area contributed by atoms with Crippen LogP contribution in [0.2, 0.25) is 10.0 Å². The summed E-state index contributed by atoms with van der Waals surface area (Å²) in [5.74, 6) is 0.270. The number of amides is 1. The Hall–Kier alpha value is -2.48. The third-order valence-electron chi connectivity index (χ3n) is 8.06. The van der Waals surface area contributed by atoms with E-state index in [1.54, 1.807) is 6.07 Å². The molecule has 0 radical (unpaired) electrons. The van der Waals surface area contributed by atoms with Crippen LogP contribution in [0, 0.1) is 12.8 Å². The molecule has 3 heterocycles. The Morgan fingerprint density at radius 2 is 2.11 bits per heavy atom. The summed E-state index contributed by atoms with van der Waals surface area (Å²) in [6.07, 6.45) is 9.78. The number of nitrogens with two attached hydrogens (primary N) is 1. The number of aromatic nitrogens is 4. The number of primary amides is 1. The number of halogens is 2. The summed E-state index contributed by atoms with van der Waals surface area (Å²) in [6, 6.07) is 6.34. The first-order chi connectivity index (χ1) is 17.7. The number of benzene rings is 1. The molecule has 1 aliphatic carbocycles. The van der Waals surface area contributed by atoms with Crippen molar-refractivity contribution in [1.29, 1.82) is 0 Å². The van der Waals surface area contributed by atoms with Gasteiger partial charge in [0.1, 0.15) is 5.52 Å². The van der Waals surface area contributed by atoms with Gasteiger partial charge in [-0.05, 0) is 81.7 Å². The molecule has 4 atom stereocenters. The normalized spacial score (nSPS) is 23.4. The van der Waals surface area contributed by atoms with Crippen LogP contribution in [0.25, 0.3) is 16.7 Å². The summed E-state index contributed by atoms with van der Waals surface area (Å²) in [5, 5.41) is 5.99. The van der Waals surface area contributed by atoms with E-state index >= 15 is 0 Å². The van der Waals surface area contributed by atoms with E-state index in [0.29, 0.717) is 34.5 Å². The van der Waals surface area contributed by atoms with Crippen LogP contribution in [0.15, 0.2) is 30.5 Å². The van der Waals surface area contributed by atoms with Crippen LogP contribution in [0.4, 0.5) is 0 Å². The van der Waals surface area contributed by atoms with Crippen molar-refractivity contribution < 1.29 is 4.79 Å². The summed E-state index contributed by atoms with van der Waals surface area (Å²) in [5.41, 5.74) is 10.9. The third-order valence-corrected chi connectivity index (χ3v) is 8.62. The van der Waals surface area contributed by atoms with Crippen LogP contribution in [-0.4, -0.2) is 49.2 Å². The molecule has 3 aromatic rings. The van der Waals surface area contributed by atoms with Gasteiger partial charge in [-0.25, -0.2) is 14.6 Å². The Morgan fingerprint density at radius 1 is 1.30 bits per heavy atom. The predicted octanol–water partition coefficient (Wildman–Crippen LogP) is 5.96. The number of nitrogens with zero attached hydrogens (tertiary/aromatic N) is 5. The molecule has 2 N–H and O–H groups in total. The molecule has 9 heteroatoms. The van der Waals surface area contributed by atoms with Crippen molar-refractivity contribution >= 4 is 45.8 Å². The van der Waals surface area contributed by atoms with E-state index in [-0.39, 0.29) is 11.9 Å². The molecule has 2 aromatic heterocycles. The fourth-order valence-corrected chi connectivity index (χ4v) is 6.66. The largest absolute Gasteiger partial charge is 0.370 e. The Bertz CT molecular complexity index is 1350. The maximum absolute atomic E-state index is 11.3. The second-order valence-corrected chi connectivity index (χ2v) is 11.4. The topological polar surface area (TPSA) is 89.9 Å². The number of aryl methyl sites for hydroxylation is 1. The second-order valence-electron chi connectivity index (χ2n) is 10.6. The van der Waals surface area contributed by atoms with Crippen molar-refractivity contribution in [3.63, 3.8) is 0 Å². The zero-order valence-corrected chi connectivity index (χ0v) is 23.1. The zero-order valence-electron chi connectivity index (χ0n) is 21.6. The molecular weight excluding hydrogens is 507 g/mol. The smallest absolute Gasteiger partial charge is 0.217 e. The second kappa shape index (κ2) is 10.7. The molecule has 0 unspecified atom stereocenters. The molecule has 0 bridgehead atoms. The van der Waals surface area contributed by atoms with Gasteiger partial charge in [0.15, 0.2) is 5.65 Å². The summed E-state index contributed by atoms with van der Waals surface area (Å²) in [6.45, 7) is 7.44. The van der Waals surface area contributed by atoms with Crippen molar-refractivity contribution in [2.75, 3.05) is 6.54 Å². The molecule has 7 nitrogen and oxygen atoms in total. The van der Waals surface area contributed by atoms with Crippen LogP contribution in [0.5, 0.6) is 0 Å².